The largest absolute Gasteiger partial charge is 0.480 e. The van der Waals surface area contributed by atoms with Gasteiger partial charge in [-0.25, -0.2) is 9.59 Å². The fraction of sp³-hybridized carbons (Fsp3) is 0.750. The van der Waals surface area contributed by atoms with Crippen LogP contribution >= 0.6 is 0 Å². The molecular formula is C8H13NO5. The van der Waals surface area contributed by atoms with Crippen LogP contribution in [0.25, 0.3) is 0 Å². The van der Waals surface area contributed by atoms with Crippen LogP contribution in [0.3, 0.4) is 0 Å². The van der Waals surface area contributed by atoms with Gasteiger partial charge in [-0.05, 0) is 18.8 Å². The first kappa shape index (κ1) is 10.8. The van der Waals surface area contributed by atoms with Crippen molar-refractivity contribution < 1.29 is 24.9 Å². The molecule has 0 radical (unpaired) electrons. The highest BCUT2D eigenvalue weighted by atomic mass is 16.4. The summed E-state index contributed by atoms with van der Waals surface area (Å²) >= 11 is 0. The smallest absolute Gasteiger partial charge is 0.408 e. The molecule has 1 amide bonds. The van der Waals surface area contributed by atoms with E-state index in [-0.39, 0.29) is 25.5 Å². The van der Waals surface area contributed by atoms with E-state index in [0.29, 0.717) is 6.42 Å². The van der Waals surface area contributed by atoms with E-state index in [1.54, 1.807) is 0 Å². The molecule has 2 atom stereocenters. The SMILES string of the molecule is O=C(O)C1CC(CO)CCN1C(=O)O. The molecule has 6 heteroatoms. The fourth-order valence-corrected chi connectivity index (χ4v) is 1.67. The fourth-order valence-electron chi connectivity index (χ4n) is 1.67. The molecule has 3 N–H and O–H groups in total. The maximum Gasteiger partial charge on any atom is 0.408 e. The molecule has 1 fully saturated rings. The molecule has 0 aromatic heterocycles. The van der Waals surface area contributed by atoms with E-state index in [1.165, 1.54) is 0 Å². The number of hydrogen-bond acceptors (Lipinski definition) is 3. The number of aliphatic hydroxyl groups excluding tert-OH is 1. The van der Waals surface area contributed by atoms with Crippen LogP contribution in [0, 0.1) is 5.92 Å². The molecule has 80 valence electrons. The average molecular weight is 203 g/mol. The zero-order valence-corrected chi connectivity index (χ0v) is 7.59. The van der Waals surface area contributed by atoms with Crippen molar-refractivity contribution in [3.05, 3.63) is 0 Å². The number of rotatable bonds is 2. The zero-order valence-electron chi connectivity index (χ0n) is 7.59. The second-order valence-corrected chi connectivity index (χ2v) is 3.40. The Bertz CT molecular complexity index is 242. The van der Waals surface area contributed by atoms with Crippen molar-refractivity contribution in [2.75, 3.05) is 13.2 Å². The van der Waals surface area contributed by atoms with Gasteiger partial charge in [-0.2, -0.15) is 0 Å². The number of piperidine rings is 1. The number of hydrogen-bond donors (Lipinski definition) is 3. The van der Waals surface area contributed by atoms with E-state index < -0.39 is 18.1 Å². The lowest BCUT2D eigenvalue weighted by atomic mass is 9.92. The summed E-state index contributed by atoms with van der Waals surface area (Å²) in [4.78, 5) is 22.3. The predicted molar refractivity (Wildman–Crippen MR) is 46.0 cm³/mol. The van der Waals surface area contributed by atoms with E-state index in [0.717, 1.165) is 4.90 Å². The van der Waals surface area contributed by atoms with Gasteiger partial charge in [0.25, 0.3) is 0 Å². The highest BCUT2D eigenvalue weighted by molar-refractivity contribution is 5.79. The van der Waals surface area contributed by atoms with Crippen LogP contribution in [-0.2, 0) is 4.79 Å². The van der Waals surface area contributed by atoms with Crippen molar-refractivity contribution >= 4 is 12.1 Å². The number of likely N-dealkylation sites (tertiary alicyclic amines) is 1. The molecule has 0 saturated carbocycles. The Hall–Kier alpha value is -1.30. The first-order valence-corrected chi connectivity index (χ1v) is 4.39. The van der Waals surface area contributed by atoms with Crippen LogP contribution in [0.15, 0.2) is 0 Å². The van der Waals surface area contributed by atoms with Gasteiger partial charge in [-0.15, -0.1) is 0 Å². The summed E-state index contributed by atoms with van der Waals surface area (Å²) in [6.07, 6.45) is -0.501. The molecule has 1 rings (SSSR count). The Labute approximate surface area is 80.8 Å². The van der Waals surface area contributed by atoms with E-state index in [1.807, 2.05) is 0 Å². The Kier molecular flexibility index (Phi) is 3.29. The summed E-state index contributed by atoms with van der Waals surface area (Å²) < 4.78 is 0. The topological polar surface area (TPSA) is 98.1 Å². The van der Waals surface area contributed by atoms with E-state index >= 15 is 0 Å². The summed E-state index contributed by atoms with van der Waals surface area (Å²) in [7, 11) is 0. The number of carboxylic acids is 1. The van der Waals surface area contributed by atoms with Crippen LogP contribution < -0.4 is 0 Å². The maximum atomic E-state index is 10.7. The van der Waals surface area contributed by atoms with Crippen molar-refractivity contribution in [1.29, 1.82) is 0 Å². The van der Waals surface area contributed by atoms with E-state index in [9.17, 15) is 9.59 Å². The Balaban J connectivity index is 2.70. The number of nitrogens with zero attached hydrogens (tertiary/aromatic N) is 1. The van der Waals surface area contributed by atoms with Crippen molar-refractivity contribution in [1.82, 2.24) is 4.90 Å². The van der Waals surface area contributed by atoms with Gasteiger partial charge in [-0.1, -0.05) is 0 Å². The quantitative estimate of drug-likeness (QED) is 0.578. The van der Waals surface area contributed by atoms with Gasteiger partial charge in [0.05, 0.1) is 0 Å². The number of carboxylic acid groups (broad SMARTS) is 2. The molecule has 6 nitrogen and oxygen atoms in total. The summed E-state index contributed by atoms with van der Waals surface area (Å²) in [5, 5.41) is 26.4. The molecular weight excluding hydrogens is 190 g/mol. The first-order valence-electron chi connectivity index (χ1n) is 4.39. The van der Waals surface area contributed by atoms with Gasteiger partial charge in [0.15, 0.2) is 0 Å². The third-order valence-electron chi connectivity index (χ3n) is 2.50. The van der Waals surface area contributed by atoms with Crippen LogP contribution in [-0.4, -0.2) is 51.5 Å². The minimum atomic E-state index is -1.21. The lowest BCUT2D eigenvalue weighted by molar-refractivity contribution is -0.144. The normalized spacial score (nSPS) is 27.4. The van der Waals surface area contributed by atoms with E-state index in [4.69, 9.17) is 15.3 Å². The van der Waals surface area contributed by atoms with Gasteiger partial charge in [0, 0.05) is 13.2 Å². The standard InChI is InChI=1S/C8H13NO5/c10-4-5-1-2-9(8(13)14)6(3-5)7(11)12/h5-6,10H,1-4H2,(H,11,12)(H,13,14). The molecule has 0 aliphatic carbocycles. The van der Waals surface area contributed by atoms with Crippen molar-refractivity contribution in [2.45, 2.75) is 18.9 Å². The minimum Gasteiger partial charge on any atom is -0.480 e. The molecule has 1 heterocycles. The Morgan fingerprint density at radius 3 is 2.43 bits per heavy atom. The lowest BCUT2D eigenvalue weighted by Gasteiger charge is -2.34. The molecule has 0 aromatic rings. The van der Waals surface area contributed by atoms with Gasteiger partial charge in [0.2, 0.25) is 0 Å². The van der Waals surface area contributed by atoms with Gasteiger partial charge < -0.3 is 15.3 Å². The van der Waals surface area contributed by atoms with Crippen LogP contribution in [0.4, 0.5) is 4.79 Å². The Morgan fingerprint density at radius 1 is 1.36 bits per heavy atom. The molecule has 0 aromatic carbocycles. The highest BCUT2D eigenvalue weighted by Crippen LogP contribution is 2.22. The second kappa shape index (κ2) is 4.28. The van der Waals surface area contributed by atoms with Gasteiger partial charge >= 0.3 is 12.1 Å². The molecule has 0 bridgehead atoms. The summed E-state index contributed by atoms with van der Waals surface area (Å²) in [6.45, 7) is 0.0920. The van der Waals surface area contributed by atoms with E-state index in [2.05, 4.69) is 0 Å². The van der Waals surface area contributed by atoms with Crippen molar-refractivity contribution in [3.8, 4) is 0 Å². The second-order valence-electron chi connectivity index (χ2n) is 3.40. The molecule has 1 aliphatic heterocycles. The summed E-state index contributed by atoms with van der Waals surface area (Å²) in [5.74, 6) is -1.25. The summed E-state index contributed by atoms with van der Waals surface area (Å²) in [5.41, 5.74) is 0. The summed E-state index contributed by atoms with van der Waals surface area (Å²) in [6, 6.07) is -1.02. The van der Waals surface area contributed by atoms with Gasteiger partial charge in [-0.3, -0.25) is 4.90 Å². The highest BCUT2D eigenvalue weighted by Gasteiger charge is 2.35. The third-order valence-corrected chi connectivity index (χ3v) is 2.50. The predicted octanol–water partition coefficient (Wildman–Crippen LogP) is -0.178. The van der Waals surface area contributed by atoms with Crippen LogP contribution in [0.5, 0.6) is 0 Å². The lowest BCUT2D eigenvalue weighted by Crippen LogP contribution is -2.50. The van der Waals surface area contributed by atoms with Gasteiger partial charge in [0.1, 0.15) is 6.04 Å². The maximum absolute atomic E-state index is 10.7. The monoisotopic (exact) mass is 203 g/mol. The molecule has 1 saturated heterocycles. The molecule has 1 aliphatic rings. The third kappa shape index (κ3) is 2.14. The molecule has 0 spiro atoms. The van der Waals surface area contributed by atoms with Crippen LogP contribution in [0.2, 0.25) is 0 Å². The van der Waals surface area contributed by atoms with Crippen molar-refractivity contribution in [2.24, 2.45) is 5.92 Å². The average Bonchev–Trinajstić information content (AvgIpc) is 2.16. The minimum absolute atomic E-state index is 0.0861. The zero-order chi connectivity index (χ0) is 10.7. The number of carbonyl (C=O) groups is 2. The van der Waals surface area contributed by atoms with Crippen LogP contribution in [0.1, 0.15) is 12.8 Å². The Morgan fingerprint density at radius 2 is 2.00 bits per heavy atom. The van der Waals surface area contributed by atoms with Crippen molar-refractivity contribution in [3.63, 3.8) is 0 Å². The number of amides is 1. The first-order chi connectivity index (χ1) is 6.56. The number of aliphatic hydroxyl groups is 1. The number of aliphatic carboxylic acids is 1. The molecule has 14 heavy (non-hydrogen) atoms. The molecule has 2 unspecified atom stereocenters.